The first kappa shape index (κ1) is 15.3. The monoisotopic (exact) mass is 290 g/mol. The number of nitrogens with one attached hydrogen (secondary N) is 2. The predicted octanol–water partition coefficient (Wildman–Crippen LogP) is 1.83. The van der Waals surface area contributed by atoms with Crippen LogP contribution < -0.4 is 10.6 Å². The molecule has 0 aliphatic carbocycles. The van der Waals surface area contributed by atoms with E-state index in [4.69, 9.17) is 0 Å². The largest absolute Gasteiger partial charge is 0.351 e. The van der Waals surface area contributed by atoms with Crippen molar-refractivity contribution in [2.75, 3.05) is 11.6 Å². The number of benzene rings is 1. The van der Waals surface area contributed by atoms with Crippen molar-refractivity contribution < 1.29 is 9.18 Å². The number of amides is 1. The Morgan fingerprint density at radius 1 is 1.61 bits per heavy atom. The molecule has 0 bridgehead atoms. The average Bonchev–Trinajstić information content (AvgIpc) is 2.84. The minimum Gasteiger partial charge on any atom is -0.351 e. The van der Waals surface area contributed by atoms with Crippen LogP contribution in [0.4, 0.5) is 4.39 Å². The number of hydrogen-bond acceptors (Lipinski definition) is 3. The van der Waals surface area contributed by atoms with Gasteiger partial charge in [-0.1, -0.05) is 12.1 Å². The van der Waals surface area contributed by atoms with Gasteiger partial charge in [0.05, 0.1) is 6.04 Å². The summed E-state index contributed by atoms with van der Waals surface area (Å²) in [5, 5.41) is 5.95. The maximum atomic E-state index is 13.0. The fourth-order valence-corrected chi connectivity index (χ4v) is 2.63. The van der Waals surface area contributed by atoms with Crippen molar-refractivity contribution in [1.29, 1.82) is 0 Å². The third kappa shape index (κ3) is 3.86. The zero-order chi connectivity index (χ0) is 12.3. The Hall–Kier alpha value is -0.780. The molecule has 1 atom stereocenters. The van der Waals surface area contributed by atoms with Crippen LogP contribution in [0.1, 0.15) is 11.1 Å². The molecule has 0 radical (unpaired) electrons. The van der Waals surface area contributed by atoms with Gasteiger partial charge in [0.25, 0.3) is 0 Å². The Morgan fingerprint density at radius 2 is 2.39 bits per heavy atom. The van der Waals surface area contributed by atoms with E-state index in [2.05, 4.69) is 10.6 Å². The van der Waals surface area contributed by atoms with Crippen LogP contribution in [-0.2, 0) is 11.3 Å². The summed E-state index contributed by atoms with van der Waals surface area (Å²) in [6.07, 6.45) is 0. The van der Waals surface area contributed by atoms with Gasteiger partial charge < -0.3 is 5.32 Å². The van der Waals surface area contributed by atoms with Gasteiger partial charge in [0.15, 0.2) is 0 Å². The molecule has 0 spiro atoms. The van der Waals surface area contributed by atoms with Crippen LogP contribution in [0, 0.1) is 12.7 Å². The normalized spacial score (nSPS) is 18.2. The summed E-state index contributed by atoms with van der Waals surface area (Å²) in [6.45, 7) is 2.17. The summed E-state index contributed by atoms with van der Waals surface area (Å²) in [5.74, 6) is 1.44. The lowest BCUT2D eigenvalue weighted by Crippen LogP contribution is -2.41. The Balaban J connectivity index is 0.00000162. The van der Waals surface area contributed by atoms with Gasteiger partial charge in [-0.25, -0.2) is 4.39 Å². The number of aryl methyl sites for hydroxylation is 1. The lowest BCUT2D eigenvalue weighted by molar-refractivity contribution is -0.122. The van der Waals surface area contributed by atoms with Crippen LogP contribution in [-0.4, -0.2) is 23.6 Å². The molecule has 0 saturated carbocycles. The van der Waals surface area contributed by atoms with Gasteiger partial charge in [-0.3, -0.25) is 10.1 Å². The quantitative estimate of drug-likeness (QED) is 0.892. The second-order valence-electron chi connectivity index (χ2n) is 4.07. The molecule has 6 heteroatoms. The molecule has 100 valence electrons. The Labute approximate surface area is 116 Å². The number of halogens is 2. The van der Waals surface area contributed by atoms with E-state index in [0.29, 0.717) is 12.1 Å². The lowest BCUT2D eigenvalue weighted by Gasteiger charge is -2.10. The van der Waals surface area contributed by atoms with E-state index in [1.54, 1.807) is 30.8 Å². The second kappa shape index (κ2) is 6.97. The fourth-order valence-electron chi connectivity index (χ4n) is 1.69. The van der Waals surface area contributed by atoms with E-state index in [0.717, 1.165) is 17.2 Å². The van der Waals surface area contributed by atoms with Crippen LogP contribution in [0.5, 0.6) is 0 Å². The van der Waals surface area contributed by atoms with E-state index in [1.807, 2.05) is 0 Å². The van der Waals surface area contributed by atoms with Crippen LogP contribution >= 0.6 is 24.2 Å². The summed E-state index contributed by atoms with van der Waals surface area (Å²) < 4.78 is 13.0. The van der Waals surface area contributed by atoms with Crippen molar-refractivity contribution in [3.63, 3.8) is 0 Å². The van der Waals surface area contributed by atoms with Crippen molar-refractivity contribution in [1.82, 2.24) is 10.6 Å². The van der Waals surface area contributed by atoms with E-state index in [1.165, 1.54) is 6.07 Å². The van der Waals surface area contributed by atoms with Gasteiger partial charge >= 0.3 is 0 Å². The Morgan fingerprint density at radius 3 is 3.00 bits per heavy atom. The highest BCUT2D eigenvalue weighted by atomic mass is 35.5. The average molecular weight is 291 g/mol. The molecule has 1 amide bonds. The van der Waals surface area contributed by atoms with E-state index in [9.17, 15) is 9.18 Å². The lowest BCUT2D eigenvalue weighted by atomic mass is 10.1. The number of carbonyl (C=O) groups is 1. The van der Waals surface area contributed by atoms with Crippen molar-refractivity contribution >= 4 is 30.1 Å². The van der Waals surface area contributed by atoms with Crippen molar-refractivity contribution in [2.24, 2.45) is 0 Å². The standard InChI is InChI=1S/C12H15FN2OS.ClH/c1-8-4-9(2-3-10(8)13)5-14-12(16)11-6-17-7-15-11;/h2-4,11,15H,5-7H2,1H3,(H,14,16);1H. The van der Waals surface area contributed by atoms with Crippen molar-refractivity contribution in [3.05, 3.63) is 35.1 Å². The molecule has 1 aromatic rings. The maximum absolute atomic E-state index is 13.0. The maximum Gasteiger partial charge on any atom is 0.238 e. The van der Waals surface area contributed by atoms with E-state index >= 15 is 0 Å². The van der Waals surface area contributed by atoms with Gasteiger partial charge in [0.2, 0.25) is 5.91 Å². The van der Waals surface area contributed by atoms with Crippen molar-refractivity contribution in [2.45, 2.75) is 19.5 Å². The first-order valence-corrected chi connectivity index (χ1v) is 6.66. The van der Waals surface area contributed by atoms with Gasteiger partial charge in [-0.05, 0) is 24.1 Å². The first-order chi connectivity index (χ1) is 8.16. The van der Waals surface area contributed by atoms with Gasteiger partial charge in [-0.15, -0.1) is 24.2 Å². The zero-order valence-electron chi connectivity index (χ0n) is 10.0. The minimum absolute atomic E-state index is 0. The fraction of sp³-hybridized carbons (Fsp3) is 0.417. The SMILES string of the molecule is Cc1cc(CNC(=O)C2CSCN2)ccc1F.Cl. The predicted molar refractivity (Wildman–Crippen MR) is 74.5 cm³/mol. The molecule has 2 N–H and O–H groups in total. The molecule has 1 heterocycles. The zero-order valence-corrected chi connectivity index (χ0v) is 11.7. The second-order valence-corrected chi connectivity index (χ2v) is 5.10. The van der Waals surface area contributed by atoms with Crippen LogP contribution in [0.15, 0.2) is 18.2 Å². The van der Waals surface area contributed by atoms with Crippen LogP contribution in [0.25, 0.3) is 0 Å². The molecule has 2 rings (SSSR count). The number of carbonyl (C=O) groups excluding carboxylic acids is 1. The molecule has 1 aromatic carbocycles. The Kier molecular flexibility index (Phi) is 5.91. The molecule has 1 unspecified atom stereocenters. The first-order valence-electron chi connectivity index (χ1n) is 5.50. The van der Waals surface area contributed by atoms with Gasteiger partial charge in [-0.2, -0.15) is 0 Å². The molecule has 0 aromatic heterocycles. The summed E-state index contributed by atoms with van der Waals surface area (Å²) >= 11 is 1.72. The van der Waals surface area contributed by atoms with E-state index in [-0.39, 0.29) is 30.2 Å². The molecule has 1 aliphatic heterocycles. The van der Waals surface area contributed by atoms with Crippen LogP contribution in [0.2, 0.25) is 0 Å². The molecule has 18 heavy (non-hydrogen) atoms. The minimum atomic E-state index is -0.214. The third-order valence-electron chi connectivity index (χ3n) is 2.72. The van der Waals surface area contributed by atoms with Gasteiger partial charge in [0.1, 0.15) is 5.82 Å². The van der Waals surface area contributed by atoms with Gasteiger partial charge in [0, 0.05) is 18.2 Å². The summed E-state index contributed by atoms with van der Waals surface area (Å²) in [6, 6.07) is 4.79. The Bertz CT molecular complexity index is 425. The molecule has 1 fully saturated rings. The highest BCUT2D eigenvalue weighted by molar-refractivity contribution is 7.99. The highest BCUT2D eigenvalue weighted by Crippen LogP contribution is 2.11. The smallest absolute Gasteiger partial charge is 0.238 e. The molecule has 3 nitrogen and oxygen atoms in total. The highest BCUT2D eigenvalue weighted by Gasteiger charge is 2.21. The third-order valence-corrected chi connectivity index (χ3v) is 3.66. The topological polar surface area (TPSA) is 41.1 Å². The van der Waals surface area contributed by atoms with Crippen LogP contribution in [0.3, 0.4) is 0 Å². The molecule has 1 saturated heterocycles. The van der Waals surface area contributed by atoms with Crippen molar-refractivity contribution in [3.8, 4) is 0 Å². The summed E-state index contributed by atoms with van der Waals surface area (Å²) in [5.41, 5.74) is 1.52. The summed E-state index contributed by atoms with van der Waals surface area (Å²) in [7, 11) is 0. The van der Waals surface area contributed by atoms with E-state index < -0.39 is 0 Å². The number of hydrogen-bond donors (Lipinski definition) is 2. The number of rotatable bonds is 3. The molecule has 1 aliphatic rings. The molecular formula is C12H16ClFN2OS. The number of thioether (sulfide) groups is 1. The summed E-state index contributed by atoms with van der Waals surface area (Å²) in [4.78, 5) is 11.7. The molecular weight excluding hydrogens is 275 g/mol.